The molecule has 22 heavy (non-hydrogen) atoms. The van der Waals surface area contributed by atoms with Gasteiger partial charge in [0.15, 0.2) is 11.6 Å². The Labute approximate surface area is 130 Å². The van der Waals surface area contributed by atoms with Gasteiger partial charge in [-0.15, -0.1) is 0 Å². The van der Waals surface area contributed by atoms with Crippen molar-refractivity contribution in [1.82, 2.24) is 15.0 Å². The van der Waals surface area contributed by atoms with Crippen molar-refractivity contribution in [2.24, 2.45) is 0 Å². The molecule has 2 N–H and O–H groups in total. The van der Waals surface area contributed by atoms with E-state index in [4.69, 9.17) is 9.97 Å². The molecule has 5 heteroatoms. The summed E-state index contributed by atoms with van der Waals surface area (Å²) in [7, 11) is 0. The van der Waals surface area contributed by atoms with Crippen LogP contribution in [0.25, 0.3) is 11.4 Å². The first kappa shape index (κ1) is 13.5. The second-order valence-electron chi connectivity index (χ2n) is 6.11. The SMILES string of the molecule is c1cc(-c2nc3c(c(NC4CCCC4)n2)NCCC3)ccn1. The van der Waals surface area contributed by atoms with Crippen LogP contribution in [-0.4, -0.2) is 27.5 Å². The fourth-order valence-electron chi connectivity index (χ4n) is 3.34. The maximum atomic E-state index is 4.81. The van der Waals surface area contributed by atoms with E-state index in [1.54, 1.807) is 12.4 Å². The summed E-state index contributed by atoms with van der Waals surface area (Å²) in [6, 6.07) is 4.49. The third kappa shape index (κ3) is 2.63. The number of nitrogens with zero attached hydrogens (tertiary/aromatic N) is 3. The summed E-state index contributed by atoms with van der Waals surface area (Å²) in [6.45, 7) is 1.00. The van der Waals surface area contributed by atoms with Crippen molar-refractivity contribution in [1.29, 1.82) is 0 Å². The van der Waals surface area contributed by atoms with Gasteiger partial charge in [-0.2, -0.15) is 0 Å². The summed E-state index contributed by atoms with van der Waals surface area (Å²) in [5, 5.41) is 7.13. The van der Waals surface area contributed by atoms with E-state index in [9.17, 15) is 0 Å². The van der Waals surface area contributed by atoms with Crippen LogP contribution in [0.3, 0.4) is 0 Å². The Morgan fingerprint density at radius 3 is 2.68 bits per heavy atom. The zero-order valence-electron chi connectivity index (χ0n) is 12.7. The number of aromatic nitrogens is 3. The summed E-state index contributed by atoms with van der Waals surface area (Å²) in [6.07, 6.45) is 10.8. The van der Waals surface area contributed by atoms with Crippen LogP contribution in [0.15, 0.2) is 24.5 Å². The normalized spacial score (nSPS) is 17.8. The van der Waals surface area contributed by atoms with E-state index in [2.05, 4.69) is 15.6 Å². The molecule has 0 amide bonds. The predicted octanol–water partition coefficient (Wildman–Crippen LogP) is 3.25. The lowest BCUT2D eigenvalue weighted by Crippen LogP contribution is -2.21. The monoisotopic (exact) mass is 295 g/mol. The summed E-state index contributed by atoms with van der Waals surface area (Å²) >= 11 is 0. The first-order valence-electron chi connectivity index (χ1n) is 8.22. The number of rotatable bonds is 3. The molecule has 0 bridgehead atoms. The van der Waals surface area contributed by atoms with Gasteiger partial charge >= 0.3 is 0 Å². The molecule has 0 unspecified atom stereocenters. The number of hydrogen-bond acceptors (Lipinski definition) is 5. The zero-order chi connectivity index (χ0) is 14.8. The van der Waals surface area contributed by atoms with Crippen molar-refractivity contribution in [2.45, 2.75) is 44.6 Å². The Morgan fingerprint density at radius 2 is 1.86 bits per heavy atom. The number of nitrogens with one attached hydrogen (secondary N) is 2. The second-order valence-corrected chi connectivity index (χ2v) is 6.11. The second kappa shape index (κ2) is 5.91. The number of pyridine rings is 1. The van der Waals surface area contributed by atoms with Gasteiger partial charge < -0.3 is 10.6 Å². The van der Waals surface area contributed by atoms with Crippen LogP contribution >= 0.6 is 0 Å². The summed E-state index contributed by atoms with van der Waals surface area (Å²) < 4.78 is 0. The topological polar surface area (TPSA) is 62.7 Å². The first-order valence-corrected chi connectivity index (χ1v) is 8.22. The minimum Gasteiger partial charge on any atom is -0.381 e. The van der Waals surface area contributed by atoms with Crippen LogP contribution in [-0.2, 0) is 6.42 Å². The average Bonchev–Trinajstić information content (AvgIpc) is 3.09. The highest BCUT2D eigenvalue weighted by Crippen LogP contribution is 2.32. The molecule has 2 aromatic heterocycles. The molecule has 114 valence electrons. The van der Waals surface area contributed by atoms with Gasteiger partial charge in [0.2, 0.25) is 0 Å². The van der Waals surface area contributed by atoms with E-state index in [0.29, 0.717) is 6.04 Å². The smallest absolute Gasteiger partial charge is 0.162 e. The number of aryl methyl sites for hydroxylation is 1. The number of anilines is 2. The summed E-state index contributed by atoms with van der Waals surface area (Å²) in [5.41, 5.74) is 3.27. The number of fused-ring (bicyclic) bond motifs is 1. The van der Waals surface area contributed by atoms with Crippen LogP contribution in [0.2, 0.25) is 0 Å². The van der Waals surface area contributed by atoms with Crippen LogP contribution in [0.4, 0.5) is 11.5 Å². The Hall–Kier alpha value is -2.17. The van der Waals surface area contributed by atoms with Crippen LogP contribution in [0.1, 0.15) is 37.8 Å². The minimum absolute atomic E-state index is 0.549. The lowest BCUT2D eigenvalue weighted by atomic mass is 10.1. The molecule has 2 aromatic rings. The fraction of sp³-hybridized carbons (Fsp3) is 0.471. The van der Waals surface area contributed by atoms with Gasteiger partial charge in [0, 0.05) is 30.5 Å². The molecule has 3 heterocycles. The van der Waals surface area contributed by atoms with E-state index in [-0.39, 0.29) is 0 Å². The molecule has 0 radical (unpaired) electrons. The summed E-state index contributed by atoms with van der Waals surface area (Å²) in [5.74, 6) is 1.77. The van der Waals surface area contributed by atoms with Crippen molar-refractivity contribution in [3.05, 3.63) is 30.2 Å². The van der Waals surface area contributed by atoms with Crippen LogP contribution < -0.4 is 10.6 Å². The third-order valence-electron chi connectivity index (χ3n) is 4.51. The van der Waals surface area contributed by atoms with Crippen LogP contribution in [0.5, 0.6) is 0 Å². The number of hydrogen-bond donors (Lipinski definition) is 2. The van der Waals surface area contributed by atoms with Gasteiger partial charge in [-0.05, 0) is 37.8 Å². The van der Waals surface area contributed by atoms with Crippen molar-refractivity contribution < 1.29 is 0 Å². The van der Waals surface area contributed by atoms with Gasteiger partial charge in [0.1, 0.15) is 0 Å². The van der Waals surface area contributed by atoms with E-state index in [0.717, 1.165) is 48.0 Å². The van der Waals surface area contributed by atoms with Gasteiger partial charge in [0.05, 0.1) is 11.4 Å². The van der Waals surface area contributed by atoms with Gasteiger partial charge in [0.25, 0.3) is 0 Å². The van der Waals surface area contributed by atoms with E-state index in [1.165, 1.54) is 25.7 Å². The molecule has 1 fully saturated rings. The lowest BCUT2D eigenvalue weighted by molar-refractivity contribution is 0.743. The Morgan fingerprint density at radius 1 is 1.05 bits per heavy atom. The molecule has 4 rings (SSSR count). The maximum absolute atomic E-state index is 4.81. The molecule has 1 saturated carbocycles. The zero-order valence-corrected chi connectivity index (χ0v) is 12.7. The largest absolute Gasteiger partial charge is 0.381 e. The van der Waals surface area contributed by atoms with E-state index >= 15 is 0 Å². The molecule has 0 spiro atoms. The first-order chi connectivity index (χ1) is 10.9. The minimum atomic E-state index is 0.549. The average molecular weight is 295 g/mol. The van der Waals surface area contributed by atoms with E-state index in [1.807, 2.05) is 12.1 Å². The third-order valence-corrected chi connectivity index (χ3v) is 4.51. The molecule has 5 nitrogen and oxygen atoms in total. The molecular formula is C17H21N5. The highest BCUT2D eigenvalue weighted by atomic mass is 15.1. The van der Waals surface area contributed by atoms with Crippen molar-refractivity contribution >= 4 is 11.5 Å². The van der Waals surface area contributed by atoms with Crippen LogP contribution in [0, 0.1) is 0 Å². The van der Waals surface area contributed by atoms with Gasteiger partial charge in [-0.25, -0.2) is 9.97 Å². The maximum Gasteiger partial charge on any atom is 0.162 e. The molecule has 0 saturated heterocycles. The Balaban J connectivity index is 1.74. The van der Waals surface area contributed by atoms with E-state index < -0.39 is 0 Å². The predicted molar refractivity (Wildman–Crippen MR) is 88.0 cm³/mol. The summed E-state index contributed by atoms with van der Waals surface area (Å²) in [4.78, 5) is 13.7. The molecule has 0 aromatic carbocycles. The molecule has 1 aliphatic carbocycles. The Kier molecular flexibility index (Phi) is 3.62. The highest BCUT2D eigenvalue weighted by Gasteiger charge is 2.22. The van der Waals surface area contributed by atoms with Gasteiger partial charge in [-0.1, -0.05) is 12.8 Å². The molecular weight excluding hydrogens is 274 g/mol. The fourth-order valence-corrected chi connectivity index (χ4v) is 3.34. The Bertz CT molecular complexity index is 650. The molecule has 1 aliphatic heterocycles. The molecule has 0 atom stereocenters. The van der Waals surface area contributed by atoms with Crippen molar-refractivity contribution in [3.63, 3.8) is 0 Å². The van der Waals surface area contributed by atoms with Gasteiger partial charge in [-0.3, -0.25) is 4.98 Å². The van der Waals surface area contributed by atoms with Crippen molar-refractivity contribution in [2.75, 3.05) is 17.2 Å². The van der Waals surface area contributed by atoms with Crippen molar-refractivity contribution in [3.8, 4) is 11.4 Å². The quantitative estimate of drug-likeness (QED) is 0.910. The standard InChI is InChI=1S/C17H21N5/c1-2-5-13(4-1)20-17-15-14(6-3-9-19-15)21-16(22-17)12-7-10-18-11-8-12/h7-8,10-11,13,19H,1-6,9H2,(H,20,21,22). The molecule has 2 aliphatic rings. The lowest BCUT2D eigenvalue weighted by Gasteiger charge is -2.23. The highest BCUT2D eigenvalue weighted by molar-refractivity contribution is 5.72.